The maximum atomic E-state index is 11.7. The van der Waals surface area contributed by atoms with Crippen LogP contribution in [0.4, 0.5) is 10.5 Å². The Bertz CT molecular complexity index is 769. The Balaban J connectivity index is 1.74. The fourth-order valence-corrected chi connectivity index (χ4v) is 1.72. The molecule has 0 spiro atoms. The first-order chi connectivity index (χ1) is 12.0. The SMILES string of the molecule is O=C(COC(=O)c1ccc([N+](=O)[O-])cc1)NC(=O)NCc1ccco1. The van der Waals surface area contributed by atoms with E-state index in [9.17, 15) is 24.5 Å². The second kappa shape index (κ2) is 8.24. The second-order valence-electron chi connectivity index (χ2n) is 4.69. The van der Waals surface area contributed by atoms with E-state index < -0.39 is 29.4 Å². The fourth-order valence-electron chi connectivity index (χ4n) is 1.72. The number of imide groups is 1. The van der Waals surface area contributed by atoms with E-state index in [1.54, 1.807) is 12.1 Å². The zero-order chi connectivity index (χ0) is 18.2. The molecular weight excluding hydrogens is 334 g/mol. The number of rotatable bonds is 6. The van der Waals surface area contributed by atoms with Crippen LogP contribution in [0.3, 0.4) is 0 Å². The van der Waals surface area contributed by atoms with Gasteiger partial charge in [-0.25, -0.2) is 9.59 Å². The summed E-state index contributed by atoms with van der Waals surface area (Å²) in [5.41, 5.74) is -0.136. The van der Waals surface area contributed by atoms with Crippen molar-refractivity contribution in [1.82, 2.24) is 10.6 Å². The molecule has 0 fully saturated rings. The molecule has 25 heavy (non-hydrogen) atoms. The number of carbonyl (C=O) groups excluding carboxylic acids is 3. The van der Waals surface area contributed by atoms with E-state index in [1.807, 2.05) is 5.32 Å². The van der Waals surface area contributed by atoms with Gasteiger partial charge in [-0.1, -0.05) is 0 Å². The maximum Gasteiger partial charge on any atom is 0.338 e. The Hall–Kier alpha value is -3.69. The van der Waals surface area contributed by atoms with Crippen LogP contribution >= 0.6 is 0 Å². The van der Waals surface area contributed by atoms with E-state index >= 15 is 0 Å². The van der Waals surface area contributed by atoms with E-state index in [0.29, 0.717) is 5.76 Å². The fraction of sp³-hybridized carbons (Fsp3) is 0.133. The molecule has 0 bridgehead atoms. The predicted molar refractivity (Wildman–Crippen MR) is 82.5 cm³/mol. The minimum absolute atomic E-state index is 0.0423. The second-order valence-corrected chi connectivity index (χ2v) is 4.69. The summed E-state index contributed by atoms with van der Waals surface area (Å²) in [7, 11) is 0. The van der Waals surface area contributed by atoms with Crippen molar-refractivity contribution >= 4 is 23.6 Å². The molecule has 0 aliphatic rings. The van der Waals surface area contributed by atoms with Gasteiger partial charge in [0, 0.05) is 12.1 Å². The number of amides is 3. The number of furan rings is 1. The normalized spacial score (nSPS) is 9.92. The number of nitro benzene ring substituents is 1. The van der Waals surface area contributed by atoms with Crippen LogP contribution in [0.15, 0.2) is 47.1 Å². The molecule has 0 saturated carbocycles. The first-order valence-electron chi connectivity index (χ1n) is 6.97. The van der Waals surface area contributed by atoms with Crippen molar-refractivity contribution in [2.45, 2.75) is 6.54 Å². The van der Waals surface area contributed by atoms with Gasteiger partial charge in [-0.2, -0.15) is 0 Å². The van der Waals surface area contributed by atoms with Crippen molar-refractivity contribution in [2.75, 3.05) is 6.61 Å². The molecule has 10 heteroatoms. The van der Waals surface area contributed by atoms with E-state index in [0.717, 1.165) is 12.1 Å². The number of urea groups is 1. The lowest BCUT2D eigenvalue weighted by Crippen LogP contribution is -2.41. The third-order valence-corrected chi connectivity index (χ3v) is 2.90. The lowest BCUT2D eigenvalue weighted by atomic mass is 10.2. The molecule has 10 nitrogen and oxygen atoms in total. The summed E-state index contributed by atoms with van der Waals surface area (Å²) < 4.78 is 9.72. The molecule has 0 radical (unpaired) electrons. The molecule has 3 amide bonds. The minimum atomic E-state index is -0.846. The topological polar surface area (TPSA) is 141 Å². The smallest absolute Gasteiger partial charge is 0.338 e. The van der Waals surface area contributed by atoms with Crippen molar-refractivity contribution < 1.29 is 28.5 Å². The third kappa shape index (κ3) is 5.46. The highest BCUT2D eigenvalue weighted by atomic mass is 16.6. The molecule has 0 aliphatic heterocycles. The summed E-state index contributed by atoms with van der Waals surface area (Å²) in [6, 6.07) is 7.21. The van der Waals surface area contributed by atoms with Crippen molar-refractivity contribution in [1.29, 1.82) is 0 Å². The van der Waals surface area contributed by atoms with Crippen LogP contribution in [0.1, 0.15) is 16.1 Å². The van der Waals surface area contributed by atoms with Gasteiger partial charge in [0.15, 0.2) is 6.61 Å². The standard InChI is InChI=1S/C15H13N3O7/c19-13(17-15(21)16-8-12-2-1-7-24-12)9-25-14(20)10-3-5-11(6-4-10)18(22)23/h1-7H,8-9H2,(H2,16,17,19,21). The summed E-state index contributed by atoms with van der Waals surface area (Å²) in [5, 5.41) is 14.9. The molecule has 2 rings (SSSR count). The van der Waals surface area contributed by atoms with Gasteiger partial charge in [0.05, 0.1) is 23.3 Å². The van der Waals surface area contributed by atoms with Crippen molar-refractivity contribution in [2.24, 2.45) is 0 Å². The lowest BCUT2D eigenvalue weighted by Gasteiger charge is -2.06. The van der Waals surface area contributed by atoms with E-state index in [2.05, 4.69) is 5.32 Å². The first kappa shape index (κ1) is 17.7. The Morgan fingerprint density at radius 1 is 1.16 bits per heavy atom. The van der Waals surface area contributed by atoms with Gasteiger partial charge >= 0.3 is 12.0 Å². The molecule has 0 saturated heterocycles. The molecule has 130 valence electrons. The molecule has 1 aromatic heterocycles. The summed E-state index contributed by atoms with van der Waals surface area (Å²) in [5.74, 6) is -1.17. The number of ether oxygens (including phenoxy) is 1. The molecule has 2 aromatic rings. The van der Waals surface area contributed by atoms with Crippen LogP contribution < -0.4 is 10.6 Å². The molecule has 0 unspecified atom stereocenters. The molecule has 1 heterocycles. The van der Waals surface area contributed by atoms with Gasteiger partial charge in [-0.3, -0.25) is 20.2 Å². The van der Waals surface area contributed by atoms with Crippen molar-refractivity contribution in [3.8, 4) is 0 Å². The van der Waals surface area contributed by atoms with E-state index in [1.165, 1.54) is 18.4 Å². The van der Waals surface area contributed by atoms with Crippen LogP contribution in [0.25, 0.3) is 0 Å². The van der Waals surface area contributed by atoms with Crippen LogP contribution in [-0.4, -0.2) is 29.4 Å². The highest BCUT2D eigenvalue weighted by Crippen LogP contribution is 2.12. The summed E-state index contributed by atoms with van der Waals surface area (Å²) >= 11 is 0. The van der Waals surface area contributed by atoms with Crippen LogP contribution in [-0.2, 0) is 16.1 Å². The summed E-state index contributed by atoms with van der Waals surface area (Å²) in [6.07, 6.45) is 1.44. The Labute approximate surface area is 140 Å². The van der Waals surface area contributed by atoms with Gasteiger partial charge in [-0.15, -0.1) is 0 Å². The van der Waals surface area contributed by atoms with Crippen molar-refractivity contribution in [3.05, 3.63) is 64.1 Å². The summed E-state index contributed by atoms with van der Waals surface area (Å²) in [6.45, 7) is -0.585. The Kier molecular flexibility index (Phi) is 5.82. The summed E-state index contributed by atoms with van der Waals surface area (Å²) in [4.78, 5) is 44.6. The zero-order valence-corrected chi connectivity index (χ0v) is 12.8. The number of hydrogen-bond donors (Lipinski definition) is 2. The molecule has 2 N–H and O–H groups in total. The average molecular weight is 347 g/mol. The van der Waals surface area contributed by atoms with Crippen LogP contribution in [0.5, 0.6) is 0 Å². The maximum absolute atomic E-state index is 11.7. The largest absolute Gasteiger partial charge is 0.467 e. The van der Waals surface area contributed by atoms with Crippen molar-refractivity contribution in [3.63, 3.8) is 0 Å². The Morgan fingerprint density at radius 3 is 2.48 bits per heavy atom. The quantitative estimate of drug-likeness (QED) is 0.456. The number of hydrogen-bond acceptors (Lipinski definition) is 7. The van der Waals surface area contributed by atoms with E-state index in [-0.39, 0.29) is 17.8 Å². The van der Waals surface area contributed by atoms with Gasteiger partial charge in [0.1, 0.15) is 5.76 Å². The number of esters is 1. The molecule has 1 aromatic carbocycles. The van der Waals surface area contributed by atoms with Gasteiger partial charge in [-0.05, 0) is 24.3 Å². The highest BCUT2D eigenvalue weighted by Gasteiger charge is 2.14. The number of nitrogens with zero attached hydrogens (tertiary/aromatic N) is 1. The van der Waals surface area contributed by atoms with Gasteiger partial charge in [0.25, 0.3) is 11.6 Å². The number of carbonyl (C=O) groups is 3. The predicted octanol–water partition coefficient (Wildman–Crippen LogP) is 1.37. The number of nitrogens with one attached hydrogen (secondary N) is 2. The number of non-ortho nitro benzene ring substituents is 1. The molecule has 0 aliphatic carbocycles. The molecular formula is C15H13N3O7. The third-order valence-electron chi connectivity index (χ3n) is 2.90. The first-order valence-corrected chi connectivity index (χ1v) is 6.97. The van der Waals surface area contributed by atoms with E-state index in [4.69, 9.17) is 9.15 Å². The number of nitro groups is 1. The number of benzene rings is 1. The average Bonchev–Trinajstić information content (AvgIpc) is 3.11. The highest BCUT2D eigenvalue weighted by molar-refractivity contribution is 5.97. The Morgan fingerprint density at radius 2 is 1.88 bits per heavy atom. The van der Waals surface area contributed by atoms with Gasteiger partial charge < -0.3 is 14.5 Å². The van der Waals surface area contributed by atoms with Gasteiger partial charge in [0.2, 0.25) is 0 Å². The monoisotopic (exact) mass is 347 g/mol. The zero-order valence-electron chi connectivity index (χ0n) is 12.8. The molecule has 0 atom stereocenters. The minimum Gasteiger partial charge on any atom is -0.467 e. The van der Waals surface area contributed by atoms with Crippen LogP contribution in [0, 0.1) is 10.1 Å². The lowest BCUT2D eigenvalue weighted by molar-refractivity contribution is -0.384. The van der Waals surface area contributed by atoms with Crippen LogP contribution in [0.2, 0.25) is 0 Å².